The molecule has 0 aliphatic carbocycles. The number of nitrogens with zero attached hydrogens (tertiary/aromatic N) is 1. The molecule has 0 saturated carbocycles. The average molecular weight is 287 g/mol. The highest BCUT2D eigenvalue weighted by molar-refractivity contribution is 7.54. The van der Waals surface area contributed by atoms with Crippen LogP contribution in [-0.4, -0.2) is 30.7 Å². The molecule has 0 bridgehead atoms. The minimum absolute atomic E-state index is 0.420. The second-order valence-electron chi connectivity index (χ2n) is 3.87. The molecule has 6 heteroatoms. The number of nitrogens with one attached hydrogen (secondary N) is 1. The average Bonchev–Trinajstić information content (AvgIpc) is 2.42. The molecular formula is C12H16ClN2O2P. The highest BCUT2D eigenvalue weighted by Gasteiger charge is 2.35. The fraction of sp³-hybridized carbons (Fsp3) is 0.333. The Morgan fingerprint density at radius 1 is 1.44 bits per heavy atom. The van der Waals surface area contributed by atoms with Crippen LogP contribution in [0.4, 0.5) is 0 Å². The number of alkyl halides is 1. The number of rotatable bonds is 4. The first-order valence-electron chi connectivity index (χ1n) is 5.75. The molecule has 1 aromatic rings. The van der Waals surface area contributed by atoms with Crippen molar-refractivity contribution in [2.45, 2.75) is 0 Å². The Balaban J connectivity index is 2.25. The van der Waals surface area contributed by atoms with Crippen LogP contribution in [0.1, 0.15) is 5.56 Å². The van der Waals surface area contributed by atoms with Crippen molar-refractivity contribution in [3.63, 3.8) is 0 Å². The van der Waals surface area contributed by atoms with Gasteiger partial charge in [0, 0.05) is 24.5 Å². The molecule has 0 aromatic heterocycles. The molecule has 0 amide bonds. The summed E-state index contributed by atoms with van der Waals surface area (Å²) in [6.45, 7) is 1.09. The van der Waals surface area contributed by atoms with Crippen molar-refractivity contribution in [2.24, 2.45) is 0 Å². The molecule has 1 aliphatic rings. The molecule has 0 spiro atoms. The molecule has 1 N–H and O–H groups in total. The van der Waals surface area contributed by atoms with Gasteiger partial charge < -0.3 is 4.52 Å². The van der Waals surface area contributed by atoms with E-state index < -0.39 is 7.67 Å². The van der Waals surface area contributed by atoms with Crippen molar-refractivity contribution in [3.8, 4) is 0 Å². The van der Waals surface area contributed by atoms with Crippen LogP contribution in [0.25, 0.3) is 5.76 Å². The van der Waals surface area contributed by atoms with Gasteiger partial charge in [-0.15, -0.1) is 11.6 Å². The second-order valence-corrected chi connectivity index (χ2v) is 6.49. The predicted octanol–water partition coefficient (Wildman–Crippen LogP) is 2.93. The Bertz CT molecular complexity index is 478. The van der Waals surface area contributed by atoms with E-state index in [1.807, 2.05) is 36.4 Å². The van der Waals surface area contributed by atoms with Crippen molar-refractivity contribution < 1.29 is 9.09 Å². The minimum Gasteiger partial charge on any atom is -0.422 e. The van der Waals surface area contributed by atoms with E-state index in [0.717, 1.165) is 5.56 Å². The van der Waals surface area contributed by atoms with Gasteiger partial charge in [0.15, 0.2) is 0 Å². The van der Waals surface area contributed by atoms with Gasteiger partial charge >= 0.3 is 7.67 Å². The molecule has 1 aliphatic heterocycles. The summed E-state index contributed by atoms with van der Waals surface area (Å²) in [5, 5.41) is 2.77. The lowest BCUT2D eigenvalue weighted by atomic mass is 10.2. The Hall–Kier alpha value is -0.800. The SMILES string of the molecule is CNP1(=O)OC(c2ccccc2)=CCN1CCCl. The number of halogens is 1. The van der Waals surface area contributed by atoms with Crippen LogP contribution in [0.15, 0.2) is 36.4 Å². The van der Waals surface area contributed by atoms with Gasteiger partial charge in [-0.2, -0.15) is 0 Å². The molecule has 4 nitrogen and oxygen atoms in total. The summed E-state index contributed by atoms with van der Waals surface area (Å²) in [6.07, 6.45) is 1.93. The lowest BCUT2D eigenvalue weighted by Crippen LogP contribution is -2.32. The van der Waals surface area contributed by atoms with Crippen molar-refractivity contribution in [1.82, 2.24) is 9.76 Å². The monoisotopic (exact) mass is 286 g/mol. The van der Waals surface area contributed by atoms with Crippen LogP contribution in [0.3, 0.4) is 0 Å². The summed E-state index contributed by atoms with van der Waals surface area (Å²) in [5.74, 6) is 1.07. The fourth-order valence-corrected chi connectivity index (χ4v) is 3.72. The summed E-state index contributed by atoms with van der Waals surface area (Å²) >= 11 is 5.71. The third-order valence-electron chi connectivity index (χ3n) is 2.77. The molecule has 1 atom stereocenters. The first-order valence-corrected chi connectivity index (χ1v) is 7.86. The highest BCUT2D eigenvalue weighted by Crippen LogP contribution is 2.52. The number of hydrogen-bond acceptors (Lipinski definition) is 2. The van der Waals surface area contributed by atoms with Gasteiger partial charge in [-0.25, -0.2) is 14.3 Å². The Morgan fingerprint density at radius 3 is 2.78 bits per heavy atom. The van der Waals surface area contributed by atoms with Crippen LogP contribution in [-0.2, 0) is 9.09 Å². The van der Waals surface area contributed by atoms with Crippen LogP contribution < -0.4 is 5.09 Å². The quantitative estimate of drug-likeness (QED) is 0.682. The van der Waals surface area contributed by atoms with Crippen LogP contribution >= 0.6 is 19.3 Å². The molecule has 1 heterocycles. The molecule has 0 radical (unpaired) electrons. The molecular weight excluding hydrogens is 271 g/mol. The molecule has 2 rings (SSSR count). The summed E-state index contributed by atoms with van der Waals surface area (Å²) in [5.41, 5.74) is 0.929. The largest absolute Gasteiger partial charge is 0.422 e. The van der Waals surface area contributed by atoms with Gasteiger partial charge in [-0.3, -0.25) is 0 Å². The lowest BCUT2D eigenvalue weighted by Gasteiger charge is -2.33. The first kappa shape index (κ1) is 13.6. The maximum Gasteiger partial charge on any atom is 0.393 e. The van der Waals surface area contributed by atoms with Crippen molar-refractivity contribution in [3.05, 3.63) is 42.0 Å². The lowest BCUT2D eigenvalue weighted by molar-refractivity contribution is 0.340. The standard InChI is InChI=1S/C12H16ClN2O2P/c1-14-18(16)15(10-8-13)9-7-12(17-18)11-5-3-2-4-6-11/h2-7H,8-10H2,1H3,(H,14,16). The van der Waals surface area contributed by atoms with Gasteiger partial charge in [0.25, 0.3) is 0 Å². The van der Waals surface area contributed by atoms with Crippen molar-refractivity contribution >= 4 is 25.0 Å². The predicted molar refractivity (Wildman–Crippen MR) is 74.5 cm³/mol. The van der Waals surface area contributed by atoms with E-state index in [1.165, 1.54) is 0 Å². The van der Waals surface area contributed by atoms with E-state index in [1.54, 1.807) is 11.7 Å². The van der Waals surface area contributed by atoms with Gasteiger partial charge in [-0.05, 0) is 13.1 Å². The molecule has 1 aromatic carbocycles. The third kappa shape index (κ3) is 2.78. The summed E-state index contributed by atoms with van der Waals surface area (Å²) in [6, 6.07) is 9.65. The normalized spacial score (nSPS) is 24.4. The number of benzene rings is 1. The van der Waals surface area contributed by atoms with Crippen molar-refractivity contribution in [2.75, 3.05) is 26.0 Å². The maximum atomic E-state index is 12.6. The molecule has 98 valence electrons. The smallest absolute Gasteiger partial charge is 0.393 e. The molecule has 18 heavy (non-hydrogen) atoms. The van der Waals surface area contributed by atoms with Crippen LogP contribution in [0, 0.1) is 0 Å². The van der Waals surface area contributed by atoms with E-state index in [9.17, 15) is 4.57 Å². The third-order valence-corrected chi connectivity index (χ3v) is 5.05. The molecule has 1 unspecified atom stereocenters. The van der Waals surface area contributed by atoms with Crippen LogP contribution in [0.2, 0.25) is 0 Å². The van der Waals surface area contributed by atoms with Gasteiger partial charge in [0.05, 0.1) is 0 Å². The molecule has 0 saturated heterocycles. The van der Waals surface area contributed by atoms with Crippen molar-refractivity contribution in [1.29, 1.82) is 0 Å². The second kappa shape index (κ2) is 5.89. The van der Waals surface area contributed by atoms with E-state index in [-0.39, 0.29) is 0 Å². The molecule has 0 fully saturated rings. The first-order chi connectivity index (χ1) is 8.69. The Labute approximate surface area is 112 Å². The topological polar surface area (TPSA) is 41.6 Å². The van der Waals surface area contributed by atoms with E-state index in [2.05, 4.69) is 5.09 Å². The van der Waals surface area contributed by atoms with E-state index in [0.29, 0.717) is 24.7 Å². The summed E-state index contributed by atoms with van der Waals surface area (Å²) in [4.78, 5) is 0. The number of hydrogen-bond donors (Lipinski definition) is 1. The van der Waals surface area contributed by atoms with E-state index in [4.69, 9.17) is 16.1 Å². The maximum absolute atomic E-state index is 12.6. The van der Waals surface area contributed by atoms with Gasteiger partial charge in [0.2, 0.25) is 0 Å². The zero-order valence-electron chi connectivity index (χ0n) is 10.2. The fourth-order valence-electron chi connectivity index (χ4n) is 1.80. The summed E-state index contributed by atoms with van der Waals surface area (Å²) in [7, 11) is -1.38. The van der Waals surface area contributed by atoms with Gasteiger partial charge in [-0.1, -0.05) is 30.3 Å². The summed E-state index contributed by atoms with van der Waals surface area (Å²) < 4.78 is 20.0. The highest BCUT2D eigenvalue weighted by atomic mass is 35.5. The van der Waals surface area contributed by atoms with Crippen LogP contribution in [0.5, 0.6) is 0 Å². The Morgan fingerprint density at radius 2 is 2.17 bits per heavy atom. The van der Waals surface area contributed by atoms with Gasteiger partial charge in [0.1, 0.15) is 5.76 Å². The van der Waals surface area contributed by atoms with E-state index >= 15 is 0 Å². The Kier molecular flexibility index (Phi) is 4.46. The minimum atomic E-state index is -3.01. The zero-order valence-corrected chi connectivity index (χ0v) is 11.8. The zero-order chi connectivity index (χ0) is 13.0.